The summed E-state index contributed by atoms with van der Waals surface area (Å²) in [5.74, 6) is 0.481. The molecule has 0 aliphatic heterocycles. The molecule has 1 saturated carbocycles. The van der Waals surface area contributed by atoms with E-state index < -0.39 is 5.54 Å². The molecule has 0 bridgehead atoms. The number of anilines is 1. The Kier molecular flexibility index (Phi) is 4.70. The molecule has 0 spiro atoms. The van der Waals surface area contributed by atoms with Gasteiger partial charge in [-0.3, -0.25) is 4.79 Å². The third-order valence-electron chi connectivity index (χ3n) is 4.10. The third kappa shape index (κ3) is 3.52. The van der Waals surface area contributed by atoms with Crippen molar-refractivity contribution < 1.29 is 9.90 Å². The molecular weight excluding hydrogens is 320 g/mol. The Hall–Kier alpha value is -1.07. The fourth-order valence-electron chi connectivity index (χ4n) is 2.69. The molecule has 0 aromatic heterocycles. The number of nitrogen functional groups attached to an aromatic ring is 1. The van der Waals surface area contributed by atoms with E-state index in [9.17, 15) is 9.90 Å². The molecule has 1 aliphatic rings. The summed E-state index contributed by atoms with van der Waals surface area (Å²) in [5, 5.41) is 12.7. The molecule has 4 nitrogen and oxygen atoms in total. The first kappa shape index (κ1) is 15.3. The number of carbonyl (C=O) groups excluding carboxylic acids is 1. The van der Waals surface area contributed by atoms with Crippen molar-refractivity contribution in [1.29, 1.82) is 0 Å². The topological polar surface area (TPSA) is 75.3 Å². The van der Waals surface area contributed by atoms with Gasteiger partial charge in [0.05, 0.1) is 12.1 Å². The Morgan fingerprint density at radius 3 is 2.65 bits per heavy atom. The van der Waals surface area contributed by atoms with Crippen molar-refractivity contribution in [3.63, 3.8) is 0 Å². The van der Waals surface area contributed by atoms with Gasteiger partial charge in [0.2, 0.25) is 0 Å². The van der Waals surface area contributed by atoms with Crippen molar-refractivity contribution in [3.05, 3.63) is 28.2 Å². The first-order chi connectivity index (χ1) is 9.44. The maximum atomic E-state index is 12.4. The van der Waals surface area contributed by atoms with Crippen molar-refractivity contribution in [1.82, 2.24) is 5.32 Å². The van der Waals surface area contributed by atoms with Crippen molar-refractivity contribution >= 4 is 27.5 Å². The summed E-state index contributed by atoms with van der Waals surface area (Å²) in [5.41, 5.74) is 6.33. The molecule has 1 aromatic carbocycles. The average molecular weight is 341 g/mol. The van der Waals surface area contributed by atoms with E-state index in [1.54, 1.807) is 18.2 Å². The number of halogens is 1. The van der Waals surface area contributed by atoms with Crippen molar-refractivity contribution in [2.75, 3.05) is 12.3 Å². The normalized spacial score (nSPS) is 26.2. The number of carbonyl (C=O) groups is 1. The van der Waals surface area contributed by atoms with Gasteiger partial charge in [0, 0.05) is 15.7 Å². The summed E-state index contributed by atoms with van der Waals surface area (Å²) in [4.78, 5) is 12.4. The van der Waals surface area contributed by atoms with E-state index in [2.05, 4.69) is 28.2 Å². The Labute approximate surface area is 127 Å². The maximum absolute atomic E-state index is 12.4. The highest BCUT2D eigenvalue weighted by Crippen LogP contribution is 2.32. The summed E-state index contributed by atoms with van der Waals surface area (Å²) in [7, 11) is 0. The van der Waals surface area contributed by atoms with E-state index in [-0.39, 0.29) is 12.5 Å². The number of hydrogen-bond acceptors (Lipinski definition) is 3. The first-order valence-electron chi connectivity index (χ1n) is 6.93. The molecular formula is C15H21BrN2O2. The Morgan fingerprint density at radius 1 is 1.45 bits per heavy atom. The largest absolute Gasteiger partial charge is 0.399 e. The lowest BCUT2D eigenvalue weighted by Crippen LogP contribution is -2.53. The molecule has 0 radical (unpaired) electrons. The number of aliphatic hydroxyl groups excluding tert-OH is 1. The minimum absolute atomic E-state index is 0.0189. The number of aliphatic hydroxyl groups is 1. The van der Waals surface area contributed by atoms with Crippen molar-refractivity contribution in [3.8, 4) is 0 Å². The van der Waals surface area contributed by atoms with Crippen LogP contribution in [0.25, 0.3) is 0 Å². The van der Waals surface area contributed by atoms with Crippen LogP contribution in [0.4, 0.5) is 5.69 Å². The van der Waals surface area contributed by atoms with Crippen LogP contribution in [-0.4, -0.2) is 23.2 Å². The van der Waals surface area contributed by atoms with Gasteiger partial charge in [0.15, 0.2) is 0 Å². The second-order valence-corrected chi connectivity index (χ2v) is 6.76. The number of hydrogen-bond donors (Lipinski definition) is 3. The zero-order chi connectivity index (χ0) is 14.8. The molecule has 0 heterocycles. The number of rotatable bonds is 3. The first-order valence-corrected chi connectivity index (χ1v) is 7.73. The predicted molar refractivity (Wildman–Crippen MR) is 83.5 cm³/mol. The van der Waals surface area contributed by atoms with E-state index in [4.69, 9.17) is 5.73 Å². The fourth-order valence-corrected chi connectivity index (χ4v) is 3.20. The summed E-state index contributed by atoms with van der Waals surface area (Å²) >= 11 is 3.34. The second-order valence-electron chi connectivity index (χ2n) is 5.85. The van der Waals surface area contributed by atoms with Crippen LogP contribution in [0.15, 0.2) is 22.7 Å². The molecule has 110 valence electrons. The smallest absolute Gasteiger partial charge is 0.251 e. The molecule has 4 N–H and O–H groups in total. The lowest BCUT2D eigenvalue weighted by Gasteiger charge is -2.38. The van der Waals surface area contributed by atoms with Crippen LogP contribution in [0.1, 0.15) is 43.0 Å². The minimum Gasteiger partial charge on any atom is -0.399 e. The van der Waals surface area contributed by atoms with Gasteiger partial charge >= 0.3 is 0 Å². The van der Waals surface area contributed by atoms with Crippen LogP contribution in [0.3, 0.4) is 0 Å². The molecule has 1 amide bonds. The van der Waals surface area contributed by atoms with E-state index >= 15 is 0 Å². The monoisotopic (exact) mass is 340 g/mol. The molecule has 2 rings (SSSR count). The summed E-state index contributed by atoms with van der Waals surface area (Å²) < 4.78 is 0.776. The van der Waals surface area contributed by atoms with Gasteiger partial charge in [0.25, 0.3) is 5.91 Å². The maximum Gasteiger partial charge on any atom is 0.251 e. The molecule has 0 atom stereocenters. The van der Waals surface area contributed by atoms with Crippen LogP contribution in [0, 0.1) is 5.92 Å². The number of benzene rings is 1. The number of nitrogens with one attached hydrogen (secondary N) is 1. The summed E-state index contributed by atoms with van der Waals surface area (Å²) in [6, 6.07) is 5.14. The highest BCUT2D eigenvalue weighted by molar-refractivity contribution is 9.10. The standard InChI is InChI=1S/C15H21BrN2O2/c1-10-2-4-15(9-19,5-3-10)18-14(20)11-6-12(16)8-13(17)7-11/h6-8,10,19H,2-5,9,17H2,1H3,(H,18,20). The lowest BCUT2D eigenvalue weighted by atomic mass is 9.77. The Morgan fingerprint density at radius 2 is 2.10 bits per heavy atom. The van der Waals surface area contributed by atoms with Gasteiger partial charge in [-0.15, -0.1) is 0 Å². The molecule has 20 heavy (non-hydrogen) atoms. The van der Waals surface area contributed by atoms with E-state index in [1.807, 2.05) is 0 Å². The molecule has 1 aromatic rings. The lowest BCUT2D eigenvalue weighted by molar-refractivity contribution is 0.0717. The van der Waals surface area contributed by atoms with Gasteiger partial charge in [-0.1, -0.05) is 22.9 Å². The fraction of sp³-hybridized carbons (Fsp3) is 0.533. The molecule has 0 unspecified atom stereocenters. The van der Waals surface area contributed by atoms with E-state index in [1.165, 1.54) is 0 Å². The summed E-state index contributed by atoms with van der Waals surface area (Å²) in [6.07, 6.45) is 3.70. The van der Waals surface area contributed by atoms with Crippen molar-refractivity contribution in [2.45, 2.75) is 38.1 Å². The van der Waals surface area contributed by atoms with E-state index in [0.29, 0.717) is 17.2 Å². The summed E-state index contributed by atoms with van der Waals surface area (Å²) in [6.45, 7) is 2.19. The molecule has 0 saturated heterocycles. The molecule has 1 aliphatic carbocycles. The number of amides is 1. The molecule has 5 heteroatoms. The van der Waals surface area contributed by atoms with Gasteiger partial charge in [-0.2, -0.15) is 0 Å². The van der Waals surface area contributed by atoms with Gasteiger partial charge < -0.3 is 16.2 Å². The highest BCUT2D eigenvalue weighted by Gasteiger charge is 2.35. The van der Waals surface area contributed by atoms with E-state index in [0.717, 1.165) is 30.2 Å². The highest BCUT2D eigenvalue weighted by atomic mass is 79.9. The van der Waals surface area contributed by atoms with Crippen LogP contribution in [0.2, 0.25) is 0 Å². The number of nitrogens with two attached hydrogens (primary N) is 1. The Bertz CT molecular complexity index is 476. The van der Waals surface area contributed by atoms with Crippen molar-refractivity contribution in [2.24, 2.45) is 5.92 Å². The SMILES string of the molecule is CC1CCC(CO)(NC(=O)c2cc(N)cc(Br)c2)CC1. The third-order valence-corrected chi connectivity index (χ3v) is 4.55. The predicted octanol–water partition coefficient (Wildman–Crippen LogP) is 2.70. The second kappa shape index (κ2) is 6.14. The van der Waals surface area contributed by atoms with Crippen LogP contribution >= 0.6 is 15.9 Å². The van der Waals surface area contributed by atoms with Crippen LogP contribution in [0.5, 0.6) is 0 Å². The van der Waals surface area contributed by atoms with Crippen LogP contribution < -0.4 is 11.1 Å². The zero-order valence-corrected chi connectivity index (χ0v) is 13.2. The quantitative estimate of drug-likeness (QED) is 0.740. The van der Waals surface area contributed by atoms with Crippen LogP contribution in [-0.2, 0) is 0 Å². The van der Waals surface area contributed by atoms with Gasteiger partial charge in [-0.25, -0.2) is 0 Å². The Balaban J connectivity index is 2.13. The van der Waals surface area contributed by atoms with Gasteiger partial charge in [-0.05, 0) is 49.8 Å². The minimum atomic E-state index is -0.485. The zero-order valence-electron chi connectivity index (χ0n) is 11.7. The molecule has 1 fully saturated rings. The average Bonchev–Trinajstić information content (AvgIpc) is 2.40. The van der Waals surface area contributed by atoms with Gasteiger partial charge in [0.1, 0.15) is 0 Å².